The minimum Gasteiger partial charge on any atom is -0.483 e. The van der Waals surface area contributed by atoms with E-state index in [0.29, 0.717) is 18.7 Å². The van der Waals surface area contributed by atoms with Crippen LogP contribution in [0.5, 0.6) is 5.75 Å². The van der Waals surface area contributed by atoms with Gasteiger partial charge in [-0.15, -0.1) is 0 Å². The summed E-state index contributed by atoms with van der Waals surface area (Å²) in [5.74, 6) is 0.309. The molecule has 0 saturated heterocycles. The zero-order valence-corrected chi connectivity index (χ0v) is 22.1. The molecule has 3 aromatic carbocycles. The molecule has 0 saturated carbocycles. The lowest BCUT2D eigenvalue weighted by Gasteiger charge is -2.32. The van der Waals surface area contributed by atoms with Crippen LogP contribution < -0.4 is 10.1 Å². The topological polar surface area (TPSA) is 58.6 Å². The number of benzene rings is 3. The van der Waals surface area contributed by atoms with E-state index in [1.807, 2.05) is 107 Å². The van der Waals surface area contributed by atoms with Crippen LogP contribution in [0.25, 0.3) is 0 Å². The highest BCUT2D eigenvalue weighted by molar-refractivity contribution is 5.88. The van der Waals surface area contributed by atoms with Crippen LogP contribution in [0, 0.1) is 20.8 Å². The Balaban J connectivity index is 1.94. The molecule has 0 spiro atoms. The van der Waals surface area contributed by atoms with E-state index in [1.165, 1.54) is 0 Å². The maximum Gasteiger partial charge on any atom is 0.261 e. The molecule has 36 heavy (non-hydrogen) atoms. The molecule has 0 radical (unpaired) electrons. The standard InChI is InChI=1S/C31H38N2O3/c1-6-24(4)32-31(35)28(19-26-15-8-7-9-16-26)33(20-27-17-11-10-13-23(27)3)30(34)21-36-29-18-12-14-22(2)25(29)5/h7-18,24,28H,6,19-21H2,1-5H3,(H,32,35)/t24-,28-/m0/s1. The van der Waals surface area contributed by atoms with Crippen LogP contribution >= 0.6 is 0 Å². The lowest BCUT2D eigenvalue weighted by Crippen LogP contribution is -2.53. The number of hydrogen-bond donors (Lipinski definition) is 1. The molecule has 5 nitrogen and oxygen atoms in total. The summed E-state index contributed by atoms with van der Waals surface area (Å²) in [5.41, 5.74) is 5.19. The lowest BCUT2D eigenvalue weighted by molar-refractivity contribution is -0.143. The van der Waals surface area contributed by atoms with Gasteiger partial charge in [0.2, 0.25) is 5.91 Å². The van der Waals surface area contributed by atoms with Crippen molar-refractivity contribution in [1.82, 2.24) is 10.2 Å². The van der Waals surface area contributed by atoms with Gasteiger partial charge in [-0.3, -0.25) is 9.59 Å². The number of nitrogens with zero attached hydrogens (tertiary/aromatic N) is 1. The number of hydrogen-bond acceptors (Lipinski definition) is 3. The summed E-state index contributed by atoms with van der Waals surface area (Å²) in [4.78, 5) is 29.0. The van der Waals surface area contributed by atoms with Crippen LogP contribution in [0.1, 0.15) is 48.1 Å². The SMILES string of the molecule is CC[C@H](C)NC(=O)[C@H](Cc1ccccc1)N(Cc1ccccc1C)C(=O)COc1cccc(C)c1C. The van der Waals surface area contributed by atoms with Gasteiger partial charge in [-0.2, -0.15) is 0 Å². The second-order valence-electron chi connectivity index (χ2n) is 9.46. The van der Waals surface area contributed by atoms with Crippen molar-refractivity contribution in [1.29, 1.82) is 0 Å². The van der Waals surface area contributed by atoms with Crippen LogP contribution in [0.3, 0.4) is 0 Å². The van der Waals surface area contributed by atoms with Crippen LogP contribution in [-0.4, -0.2) is 35.4 Å². The van der Waals surface area contributed by atoms with Gasteiger partial charge in [0, 0.05) is 19.0 Å². The van der Waals surface area contributed by atoms with Crippen LogP contribution in [0.4, 0.5) is 0 Å². The van der Waals surface area contributed by atoms with Crippen molar-refractivity contribution < 1.29 is 14.3 Å². The van der Waals surface area contributed by atoms with Crippen molar-refractivity contribution in [2.45, 2.75) is 66.1 Å². The minimum atomic E-state index is -0.671. The molecule has 1 N–H and O–H groups in total. The highest BCUT2D eigenvalue weighted by atomic mass is 16.5. The number of rotatable bonds is 11. The van der Waals surface area contributed by atoms with Crippen molar-refractivity contribution in [2.24, 2.45) is 0 Å². The normalized spacial score (nSPS) is 12.5. The Morgan fingerprint density at radius 1 is 0.889 bits per heavy atom. The number of aryl methyl sites for hydroxylation is 2. The van der Waals surface area contributed by atoms with E-state index >= 15 is 0 Å². The van der Waals surface area contributed by atoms with Crippen molar-refractivity contribution >= 4 is 11.8 Å². The predicted octanol–water partition coefficient (Wildman–Crippen LogP) is 5.55. The van der Waals surface area contributed by atoms with Gasteiger partial charge in [-0.1, -0.05) is 73.7 Å². The van der Waals surface area contributed by atoms with Gasteiger partial charge in [0.05, 0.1) is 0 Å². The second-order valence-corrected chi connectivity index (χ2v) is 9.46. The van der Waals surface area contributed by atoms with E-state index in [1.54, 1.807) is 4.90 Å². The van der Waals surface area contributed by atoms with Crippen molar-refractivity contribution in [3.8, 4) is 5.75 Å². The maximum atomic E-state index is 13.7. The fourth-order valence-electron chi connectivity index (χ4n) is 4.07. The van der Waals surface area contributed by atoms with Gasteiger partial charge >= 0.3 is 0 Å². The van der Waals surface area contributed by atoms with Crippen LogP contribution in [0.2, 0.25) is 0 Å². The van der Waals surface area contributed by atoms with Gasteiger partial charge in [0.15, 0.2) is 6.61 Å². The van der Waals surface area contributed by atoms with Crippen molar-refractivity contribution in [3.05, 3.63) is 101 Å². The van der Waals surface area contributed by atoms with Gasteiger partial charge < -0.3 is 15.0 Å². The molecule has 2 amide bonds. The van der Waals surface area contributed by atoms with E-state index in [2.05, 4.69) is 5.32 Å². The highest BCUT2D eigenvalue weighted by Gasteiger charge is 2.31. The Labute approximate surface area is 215 Å². The minimum absolute atomic E-state index is 0.0115. The van der Waals surface area contributed by atoms with E-state index in [-0.39, 0.29) is 24.5 Å². The van der Waals surface area contributed by atoms with Crippen molar-refractivity contribution in [3.63, 3.8) is 0 Å². The third-order valence-corrected chi connectivity index (χ3v) is 6.78. The first-order valence-electron chi connectivity index (χ1n) is 12.7. The molecule has 0 bridgehead atoms. The van der Waals surface area contributed by atoms with E-state index in [0.717, 1.165) is 34.2 Å². The van der Waals surface area contributed by atoms with Crippen LogP contribution in [-0.2, 0) is 22.6 Å². The molecule has 0 aliphatic carbocycles. The van der Waals surface area contributed by atoms with Crippen LogP contribution in [0.15, 0.2) is 72.8 Å². The van der Waals surface area contributed by atoms with E-state index in [4.69, 9.17) is 4.74 Å². The monoisotopic (exact) mass is 486 g/mol. The van der Waals surface area contributed by atoms with E-state index in [9.17, 15) is 9.59 Å². The Morgan fingerprint density at radius 2 is 1.56 bits per heavy atom. The Kier molecular flexibility index (Phi) is 9.69. The van der Waals surface area contributed by atoms with Gasteiger partial charge in [0.1, 0.15) is 11.8 Å². The van der Waals surface area contributed by atoms with Gasteiger partial charge in [-0.25, -0.2) is 0 Å². The number of carbonyl (C=O) groups excluding carboxylic acids is 2. The van der Waals surface area contributed by atoms with Gasteiger partial charge in [0.25, 0.3) is 5.91 Å². The van der Waals surface area contributed by atoms with E-state index < -0.39 is 6.04 Å². The second kappa shape index (κ2) is 12.9. The Morgan fingerprint density at radius 3 is 2.25 bits per heavy atom. The Hall–Kier alpha value is -3.60. The first kappa shape index (κ1) is 27.0. The molecule has 0 aliphatic rings. The predicted molar refractivity (Wildman–Crippen MR) is 145 cm³/mol. The summed E-state index contributed by atoms with van der Waals surface area (Å²) in [7, 11) is 0. The zero-order chi connectivity index (χ0) is 26.1. The molecule has 0 aliphatic heterocycles. The number of nitrogens with one attached hydrogen (secondary N) is 1. The summed E-state index contributed by atoms with van der Waals surface area (Å²) in [6, 6.07) is 23.0. The Bertz CT molecular complexity index is 1160. The molecule has 0 heterocycles. The summed E-state index contributed by atoms with van der Waals surface area (Å²) < 4.78 is 5.99. The molecule has 2 atom stereocenters. The molecular weight excluding hydrogens is 448 g/mol. The number of amides is 2. The average Bonchev–Trinajstić information content (AvgIpc) is 2.88. The molecule has 3 aromatic rings. The number of ether oxygens (including phenoxy) is 1. The molecule has 0 unspecified atom stereocenters. The van der Waals surface area contributed by atoms with Crippen molar-refractivity contribution in [2.75, 3.05) is 6.61 Å². The first-order chi connectivity index (χ1) is 17.3. The summed E-state index contributed by atoms with van der Waals surface area (Å²) in [6.45, 7) is 10.2. The van der Waals surface area contributed by atoms with Gasteiger partial charge in [-0.05, 0) is 68.0 Å². The summed E-state index contributed by atoms with van der Waals surface area (Å²) in [5, 5.41) is 3.10. The molecule has 0 fully saturated rings. The third kappa shape index (κ3) is 7.20. The average molecular weight is 487 g/mol. The molecule has 5 heteroatoms. The largest absolute Gasteiger partial charge is 0.483 e. The molecule has 0 aromatic heterocycles. The maximum absolute atomic E-state index is 13.7. The quantitative estimate of drug-likeness (QED) is 0.387. The summed E-state index contributed by atoms with van der Waals surface area (Å²) in [6.07, 6.45) is 1.23. The zero-order valence-electron chi connectivity index (χ0n) is 22.1. The fourth-order valence-corrected chi connectivity index (χ4v) is 4.07. The molecule has 3 rings (SSSR count). The number of carbonyl (C=O) groups is 2. The fraction of sp³-hybridized carbons (Fsp3) is 0.355. The third-order valence-electron chi connectivity index (χ3n) is 6.78. The molecule has 190 valence electrons. The highest BCUT2D eigenvalue weighted by Crippen LogP contribution is 2.22. The first-order valence-corrected chi connectivity index (χ1v) is 12.7. The smallest absolute Gasteiger partial charge is 0.261 e. The lowest BCUT2D eigenvalue weighted by atomic mass is 10.0. The summed E-state index contributed by atoms with van der Waals surface area (Å²) >= 11 is 0. The molecular formula is C31H38N2O3.